The second kappa shape index (κ2) is 8.37. The number of thioether (sulfide) groups is 1. The van der Waals surface area contributed by atoms with E-state index in [-0.39, 0.29) is 17.8 Å². The number of thiazole rings is 1. The average Bonchev–Trinajstić information content (AvgIpc) is 3.35. The molecule has 1 unspecified atom stereocenters. The van der Waals surface area contributed by atoms with Gasteiger partial charge in [-0.1, -0.05) is 35.6 Å². The fraction of sp³-hybridized carbons (Fsp3) is 0.300. The minimum atomic E-state index is -0.363. The number of carbonyl (C=O) groups excluding carboxylic acids is 1. The first-order valence-electron chi connectivity index (χ1n) is 8.85. The number of benzene rings is 2. The first kappa shape index (κ1) is 18.4. The van der Waals surface area contributed by atoms with Gasteiger partial charge in [0.2, 0.25) is 5.91 Å². The minimum absolute atomic E-state index is 0.00698. The Morgan fingerprint density at radius 1 is 1.26 bits per heavy atom. The van der Waals surface area contributed by atoms with Crippen molar-refractivity contribution in [2.75, 3.05) is 23.8 Å². The fourth-order valence-electron chi connectivity index (χ4n) is 3.04. The SMILES string of the molecule is O=C(CSc1ccccc1)N(CC1CCCO1)c1nc2c(F)cccc2s1. The molecule has 1 fully saturated rings. The molecule has 0 saturated carbocycles. The Bertz CT molecular complexity index is 926. The molecule has 4 nitrogen and oxygen atoms in total. The highest BCUT2D eigenvalue weighted by Crippen LogP contribution is 2.32. The van der Waals surface area contributed by atoms with Crippen molar-refractivity contribution in [3.05, 3.63) is 54.3 Å². The molecule has 0 radical (unpaired) electrons. The third-order valence-corrected chi connectivity index (χ3v) is 6.45. The summed E-state index contributed by atoms with van der Waals surface area (Å²) in [5.74, 6) is -0.105. The molecule has 4 rings (SSSR count). The highest BCUT2D eigenvalue weighted by atomic mass is 32.2. The number of hydrogen-bond acceptors (Lipinski definition) is 5. The number of nitrogens with zero attached hydrogens (tertiary/aromatic N) is 2. The number of anilines is 1. The molecule has 27 heavy (non-hydrogen) atoms. The topological polar surface area (TPSA) is 42.4 Å². The Balaban J connectivity index is 1.57. The summed E-state index contributed by atoms with van der Waals surface area (Å²) in [6.07, 6.45) is 1.93. The van der Waals surface area contributed by atoms with Gasteiger partial charge in [-0.25, -0.2) is 9.37 Å². The van der Waals surface area contributed by atoms with Crippen LogP contribution in [0.5, 0.6) is 0 Å². The molecule has 1 aliphatic rings. The van der Waals surface area contributed by atoms with Gasteiger partial charge < -0.3 is 4.74 Å². The molecule has 1 amide bonds. The van der Waals surface area contributed by atoms with E-state index in [1.807, 2.05) is 36.4 Å². The highest BCUT2D eigenvalue weighted by Gasteiger charge is 2.26. The summed E-state index contributed by atoms with van der Waals surface area (Å²) in [5, 5.41) is 0.532. The lowest BCUT2D eigenvalue weighted by Gasteiger charge is -2.23. The average molecular weight is 403 g/mol. The number of halogens is 1. The lowest BCUT2D eigenvalue weighted by Crippen LogP contribution is -2.38. The number of aromatic nitrogens is 1. The van der Waals surface area contributed by atoms with Crippen molar-refractivity contribution >= 4 is 44.4 Å². The Kier molecular flexibility index (Phi) is 5.71. The van der Waals surface area contributed by atoms with Crippen molar-refractivity contribution in [2.24, 2.45) is 0 Å². The van der Waals surface area contributed by atoms with E-state index < -0.39 is 0 Å². The first-order chi connectivity index (χ1) is 13.2. The van der Waals surface area contributed by atoms with Crippen LogP contribution in [0.4, 0.5) is 9.52 Å². The number of para-hydroxylation sites is 1. The van der Waals surface area contributed by atoms with Crippen LogP contribution < -0.4 is 4.90 Å². The number of amides is 1. The van der Waals surface area contributed by atoms with Crippen LogP contribution in [0.2, 0.25) is 0 Å². The molecule has 1 atom stereocenters. The molecule has 0 N–H and O–H groups in total. The van der Waals surface area contributed by atoms with Gasteiger partial charge in [0.1, 0.15) is 11.3 Å². The molecule has 2 heterocycles. The number of fused-ring (bicyclic) bond motifs is 1. The number of rotatable bonds is 6. The van der Waals surface area contributed by atoms with Crippen LogP contribution in [0, 0.1) is 5.82 Å². The summed E-state index contributed by atoms with van der Waals surface area (Å²) in [7, 11) is 0. The normalized spacial score (nSPS) is 16.7. The molecule has 7 heteroatoms. The van der Waals surface area contributed by atoms with Crippen LogP contribution in [0.15, 0.2) is 53.4 Å². The van der Waals surface area contributed by atoms with E-state index in [1.54, 1.807) is 11.0 Å². The molecule has 1 aliphatic heterocycles. The van der Waals surface area contributed by atoms with E-state index in [0.29, 0.717) is 22.9 Å². The van der Waals surface area contributed by atoms with Gasteiger partial charge in [0.15, 0.2) is 5.13 Å². The lowest BCUT2D eigenvalue weighted by molar-refractivity contribution is -0.116. The monoisotopic (exact) mass is 402 g/mol. The minimum Gasteiger partial charge on any atom is -0.376 e. The Morgan fingerprint density at radius 2 is 2.11 bits per heavy atom. The summed E-state index contributed by atoms with van der Waals surface area (Å²) in [5.41, 5.74) is 0.318. The van der Waals surface area contributed by atoms with Crippen molar-refractivity contribution in [3.8, 4) is 0 Å². The van der Waals surface area contributed by atoms with E-state index in [2.05, 4.69) is 4.98 Å². The number of carbonyl (C=O) groups is 1. The van der Waals surface area contributed by atoms with Crippen LogP contribution in [0.3, 0.4) is 0 Å². The maximum absolute atomic E-state index is 14.1. The molecule has 3 aromatic rings. The third kappa shape index (κ3) is 4.31. The fourth-order valence-corrected chi connectivity index (χ4v) is 4.84. The van der Waals surface area contributed by atoms with Crippen LogP contribution in [0.1, 0.15) is 12.8 Å². The summed E-state index contributed by atoms with van der Waals surface area (Å²) < 4.78 is 20.5. The van der Waals surface area contributed by atoms with Crippen LogP contribution in [0.25, 0.3) is 10.2 Å². The molecule has 1 saturated heterocycles. The van der Waals surface area contributed by atoms with Crippen LogP contribution >= 0.6 is 23.1 Å². The first-order valence-corrected chi connectivity index (χ1v) is 10.7. The van der Waals surface area contributed by atoms with Gasteiger partial charge in [-0.2, -0.15) is 0 Å². The Morgan fingerprint density at radius 3 is 2.85 bits per heavy atom. The zero-order valence-corrected chi connectivity index (χ0v) is 16.3. The maximum atomic E-state index is 14.1. The van der Waals surface area contributed by atoms with Crippen LogP contribution in [-0.4, -0.2) is 35.9 Å². The molecule has 2 aromatic carbocycles. The number of ether oxygens (including phenoxy) is 1. The van der Waals surface area contributed by atoms with Gasteiger partial charge in [0.05, 0.1) is 23.1 Å². The van der Waals surface area contributed by atoms with Gasteiger partial charge in [0.25, 0.3) is 0 Å². The van der Waals surface area contributed by atoms with Gasteiger partial charge in [0, 0.05) is 11.5 Å². The highest BCUT2D eigenvalue weighted by molar-refractivity contribution is 8.00. The van der Waals surface area contributed by atoms with Crippen molar-refractivity contribution < 1.29 is 13.9 Å². The van der Waals surface area contributed by atoms with Crippen molar-refractivity contribution in [2.45, 2.75) is 23.8 Å². The van der Waals surface area contributed by atoms with E-state index in [9.17, 15) is 9.18 Å². The second-order valence-electron chi connectivity index (χ2n) is 6.32. The van der Waals surface area contributed by atoms with Gasteiger partial charge in [-0.3, -0.25) is 9.69 Å². The van der Waals surface area contributed by atoms with E-state index in [1.165, 1.54) is 29.2 Å². The third-order valence-electron chi connectivity index (χ3n) is 4.41. The smallest absolute Gasteiger partial charge is 0.239 e. The Hall–Kier alpha value is -1.96. The predicted octanol–water partition coefficient (Wildman–Crippen LogP) is 4.74. The molecule has 0 bridgehead atoms. The van der Waals surface area contributed by atoms with Crippen molar-refractivity contribution in [1.82, 2.24) is 4.98 Å². The van der Waals surface area contributed by atoms with Gasteiger partial charge in [-0.15, -0.1) is 11.8 Å². The quantitative estimate of drug-likeness (QED) is 0.559. The molecule has 140 valence electrons. The molecule has 0 spiro atoms. The molecular weight excluding hydrogens is 383 g/mol. The van der Waals surface area contributed by atoms with E-state index in [0.717, 1.165) is 29.0 Å². The largest absolute Gasteiger partial charge is 0.376 e. The van der Waals surface area contributed by atoms with Crippen molar-refractivity contribution in [3.63, 3.8) is 0 Å². The molecule has 1 aromatic heterocycles. The predicted molar refractivity (Wildman–Crippen MR) is 108 cm³/mol. The van der Waals surface area contributed by atoms with Gasteiger partial charge in [-0.05, 0) is 37.1 Å². The summed E-state index contributed by atoms with van der Waals surface area (Å²) in [6.45, 7) is 1.18. The number of hydrogen-bond donors (Lipinski definition) is 0. The standard InChI is InChI=1S/C20H19FN2O2S2/c21-16-9-4-10-17-19(16)22-20(27-17)23(12-14-6-5-11-25-14)18(24)13-26-15-7-2-1-3-8-15/h1-4,7-10,14H,5-6,11-13H2. The van der Waals surface area contributed by atoms with Gasteiger partial charge >= 0.3 is 0 Å². The molecular formula is C20H19FN2O2S2. The van der Waals surface area contributed by atoms with E-state index >= 15 is 0 Å². The zero-order chi connectivity index (χ0) is 18.6. The summed E-state index contributed by atoms with van der Waals surface area (Å²) >= 11 is 2.83. The maximum Gasteiger partial charge on any atom is 0.239 e. The second-order valence-corrected chi connectivity index (χ2v) is 8.38. The summed E-state index contributed by atoms with van der Waals surface area (Å²) in [4.78, 5) is 20.1. The van der Waals surface area contributed by atoms with E-state index in [4.69, 9.17) is 4.74 Å². The Labute approximate surface area is 165 Å². The lowest BCUT2D eigenvalue weighted by atomic mass is 10.2. The zero-order valence-electron chi connectivity index (χ0n) is 14.6. The van der Waals surface area contributed by atoms with Crippen molar-refractivity contribution in [1.29, 1.82) is 0 Å². The van der Waals surface area contributed by atoms with Crippen LogP contribution in [-0.2, 0) is 9.53 Å². The summed E-state index contributed by atoms with van der Waals surface area (Å²) in [6, 6.07) is 14.7. The molecule has 0 aliphatic carbocycles.